The van der Waals surface area contributed by atoms with Crippen LogP contribution in [0.1, 0.15) is 0 Å². The molecule has 0 heterocycles. The van der Waals surface area contributed by atoms with E-state index in [2.05, 4.69) is 5.32 Å². The Hall–Kier alpha value is -1.76. The number of rotatable bonds is 5. The van der Waals surface area contributed by atoms with Gasteiger partial charge in [0.25, 0.3) is 0 Å². The summed E-state index contributed by atoms with van der Waals surface area (Å²) in [4.78, 5) is 12.0. The molecule has 0 spiro atoms. The van der Waals surface area contributed by atoms with Crippen molar-refractivity contribution >= 4 is 44.6 Å². The van der Waals surface area contributed by atoms with Crippen molar-refractivity contribution in [2.24, 2.45) is 0 Å². The molecule has 2 aromatic carbocycles. The first-order valence-electron chi connectivity index (χ1n) is 6.43. The van der Waals surface area contributed by atoms with Crippen molar-refractivity contribution in [1.82, 2.24) is 0 Å². The second-order valence-electron chi connectivity index (χ2n) is 4.61. The molecular formula is C15H13Cl2NO4S. The summed E-state index contributed by atoms with van der Waals surface area (Å²) in [7, 11) is -2.29. The van der Waals surface area contributed by atoms with E-state index in [9.17, 15) is 13.2 Å². The topological polar surface area (TPSA) is 72.5 Å². The lowest BCUT2D eigenvalue weighted by atomic mass is 10.3. The number of anilines is 1. The number of hydrogen-bond donors (Lipinski definition) is 1. The van der Waals surface area contributed by atoms with Crippen LogP contribution in [-0.2, 0) is 14.6 Å². The summed E-state index contributed by atoms with van der Waals surface area (Å²) in [6.45, 7) is 0. The highest BCUT2D eigenvalue weighted by atomic mass is 35.5. The van der Waals surface area contributed by atoms with Crippen LogP contribution in [0.25, 0.3) is 0 Å². The third-order valence-corrected chi connectivity index (χ3v) is 5.14. The van der Waals surface area contributed by atoms with Gasteiger partial charge in [0.15, 0.2) is 9.84 Å². The van der Waals surface area contributed by atoms with Gasteiger partial charge >= 0.3 is 0 Å². The van der Waals surface area contributed by atoms with E-state index in [0.29, 0.717) is 10.8 Å². The summed E-state index contributed by atoms with van der Waals surface area (Å²) in [5.74, 6) is -0.883. The summed E-state index contributed by atoms with van der Waals surface area (Å²) in [5.41, 5.74) is 0.258. The molecule has 5 nitrogen and oxygen atoms in total. The summed E-state index contributed by atoms with van der Waals surface area (Å²) in [6.07, 6.45) is 0. The van der Waals surface area contributed by atoms with Crippen molar-refractivity contribution in [2.75, 3.05) is 18.2 Å². The Morgan fingerprint density at radius 1 is 1.13 bits per heavy atom. The molecule has 23 heavy (non-hydrogen) atoms. The molecule has 0 aromatic heterocycles. The van der Waals surface area contributed by atoms with Crippen molar-refractivity contribution < 1.29 is 17.9 Å². The molecule has 0 aliphatic carbocycles. The first kappa shape index (κ1) is 17.6. The van der Waals surface area contributed by atoms with Gasteiger partial charge < -0.3 is 10.1 Å². The fourth-order valence-electron chi connectivity index (χ4n) is 1.82. The first-order chi connectivity index (χ1) is 10.8. The Morgan fingerprint density at radius 2 is 1.78 bits per heavy atom. The molecule has 1 amide bonds. The first-order valence-corrected chi connectivity index (χ1v) is 8.84. The molecule has 1 N–H and O–H groups in total. The fraction of sp³-hybridized carbons (Fsp3) is 0.133. The maximum Gasteiger partial charge on any atom is 0.240 e. The smallest absolute Gasteiger partial charge is 0.240 e. The molecule has 0 atom stereocenters. The molecule has 0 radical (unpaired) electrons. The lowest BCUT2D eigenvalue weighted by Crippen LogP contribution is -2.23. The molecule has 0 aliphatic rings. The minimum absolute atomic E-state index is 0.0330. The van der Waals surface area contributed by atoms with Gasteiger partial charge in [0.2, 0.25) is 5.91 Å². The van der Waals surface area contributed by atoms with Crippen LogP contribution in [0.15, 0.2) is 47.4 Å². The lowest BCUT2D eigenvalue weighted by molar-refractivity contribution is -0.113. The lowest BCUT2D eigenvalue weighted by Gasteiger charge is -2.09. The Bertz CT molecular complexity index is 820. The molecule has 0 fully saturated rings. The number of nitrogens with one attached hydrogen (secondary N) is 1. The minimum Gasteiger partial charge on any atom is -0.497 e. The van der Waals surface area contributed by atoms with Gasteiger partial charge in [0.1, 0.15) is 11.5 Å². The average molecular weight is 374 g/mol. The highest BCUT2D eigenvalue weighted by Crippen LogP contribution is 2.25. The summed E-state index contributed by atoms with van der Waals surface area (Å²) < 4.78 is 29.4. The zero-order chi connectivity index (χ0) is 17.0. The maximum atomic E-state index is 12.2. The Labute approximate surface area is 144 Å². The number of amides is 1. The van der Waals surface area contributed by atoms with Gasteiger partial charge in [-0.1, -0.05) is 23.2 Å². The number of ether oxygens (including phenoxy) is 1. The number of carbonyl (C=O) groups excluding carboxylic acids is 1. The van der Waals surface area contributed by atoms with Crippen molar-refractivity contribution in [3.63, 3.8) is 0 Å². The quantitative estimate of drug-likeness (QED) is 0.871. The van der Waals surface area contributed by atoms with Crippen LogP contribution < -0.4 is 10.1 Å². The second kappa shape index (κ2) is 7.21. The number of halogens is 2. The number of methoxy groups -OCH3 is 1. The molecule has 0 bridgehead atoms. The number of hydrogen-bond acceptors (Lipinski definition) is 4. The molecule has 0 unspecified atom stereocenters. The molecule has 0 saturated carbocycles. The molecule has 2 aromatic rings. The zero-order valence-corrected chi connectivity index (χ0v) is 14.4. The van der Waals surface area contributed by atoms with Gasteiger partial charge in [0, 0.05) is 5.02 Å². The van der Waals surface area contributed by atoms with Crippen molar-refractivity contribution in [2.45, 2.75) is 4.90 Å². The SMILES string of the molecule is COc1ccc(S(=O)(=O)CC(=O)Nc2cc(Cl)ccc2Cl)cc1. The predicted octanol–water partition coefficient (Wildman–Crippen LogP) is 3.41. The highest BCUT2D eigenvalue weighted by Gasteiger charge is 2.20. The van der Waals surface area contributed by atoms with Crippen molar-refractivity contribution in [1.29, 1.82) is 0 Å². The Kier molecular flexibility index (Phi) is 5.51. The van der Waals surface area contributed by atoms with Crippen molar-refractivity contribution in [3.8, 4) is 5.75 Å². The van der Waals surface area contributed by atoms with Crippen LogP contribution in [0.2, 0.25) is 10.0 Å². The van der Waals surface area contributed by atoms with E-state index < -0.39 is 21.5 Å². The van der Waals surface area contributed by atoms with Crippen LogP contribution in [0.5, 0.6) is 5.75 Å². The van der Waals surface area contributed by atoms with E-state index in [1.807, 2.05) is 0 Å². The highest BCUT2D eigenvalue weighted by molar-refractivity contribution is 7.92. The monoisotopic (exact) mass is 373 g/mol. The van der Waals surface area contributed by atoms with E-state index in [0.717, 1.165) is 0 Å². The van der Waals surface area contributed by atoms with Gasteiger partial charge in [-0.2, -0.15) is 0 Å². The van der Waals surface area contributed by atoms with Gasteiger partial charge in [-0.3, -0.25) is 4.79 Å². The van der Waals surface area contributed by atoms with Crippen LogP contribution in [-0.4, -0.2) is 27.2 Å². The molecular weight excluding hydrogens is 361 g/mol. The normalized spacial score (nSPS) is 11.1. The third kappa shape index (κ3) is 4.60. The Balaban J connectivity index is 2.13. The molecule has 0 saturated heterocycles. The van der Waals surface area contributed by atoms with E-state index in [1.165, 1.54) is 43.5 Å². The molecule has 2 rings (SSSR count). The van der Waals surface area contributed by atoms with Gasteiger partial charge in [-0.25, -0.2) is 8.42 Å². The van der Waals surface area contributed by atoms with Gasteiger partial charge in [-0.15, -0.1) is 0 Å². The standard InChI is InChI=1S/C15H13Cl2NO4S/c1-22-11-3-5-12(6-4-11)23(20,21)9-15(19)18-14-8-10(16)2-7-13(14)17/h2-8H,9H2,1H3,(H,18,19). The second-order valence-corrected chi connectivity index (χ2v) is 7.44. The van der Waals surface area contributed by atoms with Crippen LogP contribution in [0, 0.1) is 0 Å². The predicted molar refractivity (Wildman–Crippen MR) is 90.1 cm³/mol. The summed E-state index contributed by atoms with van der Waals surface area (Å²) in [6, 6.07) is 10.3. The van der Waals surface area contributed by atoms with Crippen LogP contribution >= 0.6 is 23.2 Å². The van der Waals surface area contributed by atoms with Crippen LogP contribution in [0.3, 0.4) is 0 Å². The molecule has 8 heteroatoms. The van der Waals surface area contributed by atoms with Gasteiger partial charge in [-0.05, 0) is 42.5 Å². The average Bonchev–Trinajstić information content (AvgIpc) is 2.50. The van der Waals surface area contributed by atoms with E-state index in [1.54, 1.807) is 6.07 Å². The third-order valence-electron chi connectivity index (χ3n) is 2.94. The number of benzene rings is 2. The van der Waals surface area contributed by atoms with E-state index >= 15 is 0 Å². The largest absolute Gasteiger partial charge is 0.497 e. The summed E-state index contributed by atoms with van der Waals surface area (Å²) in [5, 5.41) is 3.09. The molecule has 122 valence electrons. The molecule has 0 aliphatic heterocycles. The van der Waals surface area contributed by atoms with E-state index in [4.69, 9.17) is 27.9 Å². The Morgan fingerprint density at radius 3 is 2.39 bits per heavy atom. The maximum absolute atomic E-state index is 12.2. The van der Waals surface area contributed by atoms with Crippen molar-refractivity contribution in [3.05, 3.63) is 52.5 Å². The zero-order valence-electron chi connectivity index (χ0n) is 12.0. The number of sulfone groups is 1. The fourth-order valence-corrected chi connectivity index (χ4v) is 3.29. The van der Waals surface area contributed by atoms with E-state index in [-0.39, 0.29) is 15.6 Å². The van der Waals surface area contributed by atoms with Gasteiger partial charge in [0.05, 0.1) is 22.7 Å². The van der Waals surface area contributed by atoms with Crippen LogP contribution in [0.4, 0.5) is 5.69 Å². The minimum atomic E-state index is -3.77. The number of carbonyl (C=O) groups is 1. The summed E-state index contributed by atoms with van der Waals surface area (Å²) >= 11 is 11.7.